The van der Waals surface area contributed by atoms with Crippen LogP contribution in [0.3, 0.4) is 0 Å². The molecule has 1 aliphatic rings. The molecule has 2 rings (SSSR count). The summed E-state index contributed by atoms with van der Waals surface area (Å²) in [5.74, 6) is -3.04. The van der Waals surface area contributed by atoms with Crippen molar-refractivity contribution in [3.05, 3.63) is 38.8 Å². The zero-order valence-corrected chi connectivity index (χ0v) is 19.2. The lowest BCUT2D eigenvalue weighted by Crippen LogP contribution is -2.44. The van der Waals surface area contributed by atoms with E-state index in [0.29, 0.717) is 22.3 Å². The number of thioether (sulfide) groups is 1. The van der Waals surface area contributed by atoms with Gasteiger partial charge in [0.05, 0.1) is 41.1 Å². The minimum absolute atomic E-state index is 0.0305. The third kappa shape index (κ3) is 5.34. The molecule has 160 valence electrons. The summed E-state index contributed by atoms with van der Waals surface area (Å²) >= 11 is 4.44. The number of nitrogens with zero attached hydrogens (tertiary/aromatic N) is 1. The maximum absolute atomic E-state index is 12.8. The third-order valence-electron chi connectivity index (χ3n) is 4.44. The molecule has 0 aromatic heterocycles. The summed E-state index contributed by atoms with van der Waals surface area (Å²) in [5.41, 5.74) is 0.758. The number of allylic oxidation sites excluding steroid dienone is 1. The summed E-state index contributed by atoms with van der Waals surface area (Å²) in [7, 11) is 2.71. The van der Waals surface area contributed by atoms with Crippen molar-refractivity contribution in [1.29, 1.82) is 5.26 Å². The van der Waals surface area contributed by atoms with Gasteiger partial charge in [-0.3, -0.25) is 14.4 Å². The van der Waals surface area contributed by atoms with E-state index in [4.69, 9.17) is 9.47 Å². The largest absolute Gasteiger partial charge is 0.496 e. The molecule has 2 atom stereocenters. The number of halogens is 1. The highest BCUT2D eigenvalue weighted by atomic mass is 79.9. The number of hydrogen-bond donors (Lipinski definition) is 2. The van der Waals surface area contributed by atoms with Crippen LogP contribution < -0.4 is 15.4 Å². The van der Waals surface area contributed by atoms with Crippen molar-refractivity contribution in [3.8, 4) is 11.8 Å². The zero-order valence-electron chi connectivity index (χ0n) is 16.8. The summed E-state index contributed by atoms with van der Waals surface area (Å²) in [5, 5.41) is 15.5. The molecule has 1 heterocycles. The fourth-order valence-electron chi connectivity index (χ4n) is 3.01. The second-order valence-electron chi connectivity index (χ2n) is 6.35. The molecule has 0 aliphatic carbocycles. The molecule has 0 radical (unpaired) electrons. The Kier molecular flexibility index (Phi) is 8.74. The Bertz CT molecular complexity index is 912. The summed E-state index contributed by atoms with van der Waals surface area (Å²) in [4.78, 5) is 37.1. The Morgan fingerprint density at radius 2 is 2.10 bits per heavy atom. The van der Waals surface area contributed by atoms with E-state index < -0.39 is 23.7 Å². The number of nitriles is 1. The molecule has 8 nitrogen and oxygen atoms in total. The zero-order chi connectivity index (χ0) is 22.3. The summed E-state index contributed by atoms with van der Waals surface area (Å²) < 4.78 is 10.7. The maximum Gasteiger partial charge on any atom is 0.319 e. The van der Waals surface area contributed by atoms with Gasteiger partial charge in [-0.15, -0.1) is 0 Å². The fourth-order valence-corrected chi connectivity index (χ4v) is 4.45. The number of hydrogen-bond acceptors (Lipinski definition) is 7. The van der Waals surface area contributed by atoms with Crippen molar-refractivity contribution >= 4 is 45.5 Å². The van der Waals surface area contributed by atoms with Crippen LogP contribution >= 0.6 is 27.7 Å². The van der Waals surface area contributed by atoms with E-state index in [1.807, 2.05) is 6.92 Å². The van der Waals surface area contributed by atoms with Crippen molar-refractivity contribution in [2.45, 2.75) is 19.3 Å². The van der Waals surface area contributed by atoms with E-state index in [9.17, 15) is 19.6 Å². The van der Waals surface area contributed by atoms with E-state index in [1.54, 1.807) is 18.2 Å². The second-order valence-corrected chi connectivity index (χ2v) is 8.19. The molecule has 0 bridgehead atoms. The van der Waals surface area contributed by atoms with Gasteiger partial charge in [-0.25, -0.2) is 0 Å². The summed E-state index contributed by atoms with van der Waals surface area (Å²) in [6.07, 6.45) is 0.800. The lowest BCUT2D eigenvalue weighted by Gasteiger charge is -2.31. The van der Waals surface area contributed by atoms with Gasteiger partial charge in [-0.05, 0) is 40.0 Å². The van der Waals surface area contributed by atoms with Gasteiger partial charge in [0, 0.05) is 12.5 Å². The first-order valence-electron chi connectivity index (χ1n) is 9.13. The number of rotatable bonds is 8. The molecule has 30 heavy (non-hydrogen) atoms. The Morgan fingerprint density at radius 3 is 2.67 bits per heavy atom. The standard InChI is InChI=1S/C20H22BrN3O5S/c1-4-7-23-15(25)10-30-19-12(9-22)16(17(18(26)24-19)20(27)29-3)11-5-6-14(28-2)13(21)8-11/h5-6,8,16-17H,4,7,10H2,1-3H3,(H,23,25)(H,24,26)/t16-,17-/m0/s1. The number of amides is 2. The molecule has 0 saturated carbocycles. The van der Waals surface area contributed by atoms with Crippen LogP contribution in [0.4, 0.5) is 0 Å². The van der Waals surface area contributed by atoms with Crippen molar-refractivity contribution in [3.63, 3.8) is 0 Å². The van der Waals surface area contributed by atoms with Gasteiger partial charge >= 0.3 is 5.97 Å². The predicted octanol–water partition coefficient (Wildman–Crippen LogP) is 2.45. The first kappa shape index (κ1) is 23.8. The van der Waals surface area contributed by atoms with Gasteiger partial charge in [0.15, 0.2) is 0 Å². The topological polar surface area (TPSA) is 118 Å². The second kappa shape index (κ2) is 11.0. The molecule has 0 fully saturated rings. The highest BCUT2D eigenvalue weighted by Crippen LogP contribution is 2.41. The van der Waals surface area contributed by atoms with Crippen LogP contribution in [-0.2, 0) is 19.1 Å². The highest BCUT2D eigenvalue weighted by molar-refractivity contribution is 9.10. The first-order valence-corrected chi connectivity index (χ1v) is 10.9. The molecule has 0 saturated heterocycles. The van der Waals surface area contributed by atoms with Crippen molar-refractivity contribution < 1.29 is 23.9 Å². The summed E-state index contributed by atoms with van der Waals surface area (Å²) in [6, 6.07) is 7.18. The fraction of sp³-hybridized carbons (Fsp3) is 0.400. The molecular formula is C20H22BrN3O5S. The first-order chi connectivity index (χ1) is 14.4. The molecule has 0 unspecified atom stereocenters. The van der Waals surface area contributed by atoms with Crippen LogP contribution in [-0.4, -0.2) is 44.3 Å². The maximum atomic E-state index is 12.8. The number of ether oxygens (including phenoxy) is 2. The van der Waals surface area contributed by atoms with E-state index in [-0.39, 0.29) is 22.3 Å². The number of esters is 1. The predicted molar refractivity (Wildman–Crippen MR) is 115 cm³/mol. The van der Waals surface area contributed by atoms with Gasteiger partial charge in [-0.2, -0.15) is 5.26 Å². The molecule has 1 aliphatic heterocycles. The number of carbonyl (C=O) groups excluding carboxylic acids is 3. The van der Waals surface area contributed by atoms with Crippen LogP contribution in [0.1, 0.15) is 24.8 Å². The van der Waals surface area contributed by atoms with E-state index in [1.165, 1.54) is 14.2 Å². The van der Waals surface area contributed by atoms with Gasteiger partial charge in [0.25, 0.3) is 0 Å². The van der Waals surface area contributed by atoms with E-state index >= 15 is 0 Å². The molecule has 1 aromatic carbocycles. The third-order valence-corrected chi connectivity index (χ3v) is 6.08. The van der Waals surface area contributed by atoms with Crippen LogP contribution in [0, 0.1) is 17.2 Å². The van der Waals surface area contributed by atoms with Gasteiger partial charge in [0.2, 0.25) is 11.8 Å². The SMILES string of the molecule is CCCNC(=O)CSC1=C(C#N)[C@H](c2ccc(OC)c(Br)c2)[C@H](C(=O)OC)C(=O)N1. The minimum atomic E-state index is -1.23. The smallest absolute Gasteiger partial charge is 0.319 e. The van der Waals surface area contributed by atoms with Crippen LogP contribution in [0.15, 0.2) is 33.3 Å². The molecule has 2 N–H and O–H groups in total. The lowest BCUT2D eigenvalue weighted by atomic mass is 9.78. The number of methoxy groups -OCH3 is 2. The van der Waals surface area contributed by atoms with Gasteiger partial charge in [-0.1, -0.05) is 24.8 Å². The Morgan fingerprint density at radius 1 is 1.37 bits per heavy atom. The Hall–Kier alpha value is -2.51. The van der Waals surface area contributed by atoms with Crippen molar-refractivity contribution in [1.82, 2.24) is 10.6 Å². The molecule has 10 heteroatoms. The Labute approximate surface area is 187 Å². The summed E-state index contributed by atoms with van der Waals surface area (Å²) in [6.45, 7) is 2.48. The van der Waals surface area contributed by atoms with E-state index in [2.05, 4.69) is 32.6 Å². The average Bonchev–Trinajstić information content (AvgIpc) is 2.74. The quantitative estimate of drug-likeness (QED) is 0.420. The van der Waals surface area contributed by atoms with Gasteiger partial charge < -0.3 is 20.1 Å². The Balaban J connectivity index is 2.48. The lowest BCUT2D eigenvalue weighted by molar-refractivity contribution is -0.150. The molecular weight excluding hydrogens is 474 g/mol. The number of benzene rings is 1. The minimum Gasteiger partial charge on any atom is -0.496 e. The van der Waals surface area contributed by atoms with Crippen LogP contribution in [0.5, 0.6) is 5.75 Å². The van der Waals surface area contributed by atoms with Crippen LogP contribution in [0.2, 0.25) is 0 Å². The van der Waals surface area contributed by atoms with Crippen molar-refractivity contribution in [2.24, 2.45) is 5.92 Å². The number of carbonyl (C=O) groups is 3. The average molecular weight is 496 g/mol. The monoisotopic (exact) mass is 495 g/mol. The number of nitrogens with one attached hydrogen (secondary N) is 2. The van der Waals surface area contributed by atoms with Gasteiger partial charge in [0.1, 0.15) is 11.7 Å². The van der Waals surface area contributed by atoms with Crippen LogP contribution in [0.25, 0.3) is 0 Å². The normalized spacial score (nSPS) is 18.3. The highest BCUT2D eigenvalue weighted by Gasteiger charge is 2.44. The molecule has 1 aromatic rings. The van der Waals surface area contributed by atoms with E-state index in [0.717, 1.165) is 18.2 Å². The molecule has 0 spiro atoms. The van der Waals surface area contributed by atoms with Crippen molar-refractivity contribution in [2.75, 3.05) is 26.5 Å². The molecule has 2 amide bonds.